The predicted octanol–water partition coefficient (Wildman–Crippen LogP) is 5.51. The van der Waals surface area contributed by atoms with Crippen LogP contribution in [0.1, 0.15) is 47.1 Å². The first kappa shape index (κ1) is 20.5. The molecule has 24 heavy (non-hydrogen) atoms. The Morgan fingerprint density at radius 1 is 1.08 bits per heavy atom. The Bertz CT molecular complexity index is 590. The molecule has 0 radical (unpaired) electrons. The fourth-order valence-electron chi connectivity index (χ4n) is 1.82. The number of carbonyl (C=O) groups excluding carboxylic acids is 1. The zero-order valence-electron chi connectivity index (χ0n) is 16.4. The van der Waals surface area contributed by atoms with Crippen LogP contribution in [0.15, 0.2) is 36.4 Å². The lowest BCUT2D eigenvalue weighted by atomic mass is 10.1. The monoisotopic (exact) mass is 348 g/mol. The summed E-state index contributed by atoms with van der Waals surface area (Å²) in [4.78, 5) is 11.8. The van der Waals surface area contributed by atoms with E-state index in [1.54, 1.807) is 0 Å². The van der Waals surface area contributed by atoms with Gasteiger partial charge in [-0.2, -0.15) is 0 Å². The van der Waals surface area contributed by atoms with Crippen molar-refractivity contribution >= 4 is 14.3 Å². The molecular weight excluding hydrogens is 316 g/mol. The molecule has 0 N–H and O–H groups in total. The SMILES string of the molecule is CC(C)(C)OC(=O)/C=C/Cc1ccccc1O[Si](C)(C)C(C)(C)C. The maximum absolute atomic E-state index is 11.8. The Kier molecular flexibility index (Phi) is 6.45. The number of hydrogen-bond donors (Lipinski definition) is 0. The predicted molar refractivity (Wildman–Crippen MR) is 103 cm³/mol. The second-order valence-electron chi connectivity index (χ2n) is 8.61. The number of ether oxygens (including phenoxy) is 1. The Morgan fingerprint density at radius 3 is 2.21 bits per heavy atom. The number of allylic oxidation sites excluding steroid dienone is 1. The van der Waals surface area contributed by atoms with Crippen molar-refractivity contribution in [2.45, 2.75) is 71.7 Å². The summed E-state index contributed by atoms with van der Waals surface area (Å²) < 4.78 is 11.7. The third-order valence-electron chi connectivity index (χ3n) is 4.14. The summed E-state index contributed by atoms with van der Waals surface area (Å²) in [5.41, 5.74) is 0.618. The van der Waals surface area contributed by atoms with Gasteiger partial charge in [0.1, 0.15) is 11.4 Å². The highest BCUT2D eigenvalue weighted by atomic mass is 28.4. The van der Waals surface area contributed by atoms with Crippen molar-refractivity contribution in [1.29, 1.82) is 0 Å². The Balaban J connectivity index is 2.83. The number of carbonyl (C=O) groups is 1. The fourth-order valence-corrected chi connectivity index (χ4v) is 2.87. The van der Waals surface area contributed by atoms with Gasteiger partial charge in [0.15, 0.2) is 0 Å². The molecule has 0 aliphatic carbocycles. The molecule has 1 aromatic rings. The van der Waals surface area contributed by atoms with Gasteiger partial charge in [0, 0.05) is 6.08 Å². The minimum Gasteiger partial charge on any atom is -0.543 e. The molecule has 0 saturated carbocycles. The average molecular weight is 349 g/mol. The van der Waals surface area contributed by atoms with Crippen molar-refractivity contribution in [1.82, 2.24) is 0 Å². The molecule has 0 spiro atoms. The van der Waals surface area contributed by atoms with Crippen LogP contribution in [0.2, 0.25) is 18.1 Å². The molecule has 1 rings (SSSR count). The van der Waals surface area contributed by atoms with E-state index in [1.807, 2.05) is 51.1 Å². The summed E-state index contributed by atoms with van der Waals surface area (Å²) in [6, 6.07) is 8.04. The van der Waals surface area contributed by atoms with Crippen LogP contribution in [0.3, 0.4) is 0 Å². The van der Waals surface area contributed by atoms with E-state index in [4.69, 9.17) is 9.16 Å². The molecule has 1 aromatic carbocycles. The average Bonchev–Trinajstić information content (AvgIpc) is 2.37. The second-order valence-corrected chi connectivity index (χ2v) is 13.3. The van der Waals surface area contributed by atoms with Gasteiger partial charge in [-0.15, -0.1) is 0 Å². The van der Waals surface area contributed by atoms with Crippen molar-refractivity contribution < 1.29 is 14.0 Å². The minimum atomic E-state index is -1.89. The van der Waals surface area contributed by atoms with E-state index < -0.39 is 13.9 Å². The molecule has 3 nitrogen and oxygen atoms in total. The molecule has 0 heterocycles. The van der Waals surface area contributed by atoms with Crippen molar-refractivity contribution in [3.63, 3.8) is 0 Å². The molecule has 0 unspecified atom stereocenters. The fraction of sp³-hybridized carbons (Fsp3) is 0.550. The van der Waals surface area contributed by atoms with E-state index in [1.165, 1.54) is 6.08 Å². The third kappa shape index (κ3) is 6.52. The molecule has 0 fully saturated rings. The molecule has 0 saturated heterocycles. The van der Waals surface area contributed by atoms with Crippen LogP contribution in [0.5, 0.6) is 5.75 Å². The van der Waals surface area contributed by atoms with Crippen molar-refractivity contribution in [3.05, 3.63) is 42.0 Å². The summed E-state index contributed by atoms with van der Waals surface area (Å²) in [5, 5.41) is 0.145. The van der Waals surface area contributed by atoms with Gasteiger partial charge < -0.3 is 9.16 Å². The van der Waals surface area contributed by atoms with Crippen LogP contribution in [0.4, 0.5) is 0 Å². The first-order valence-electron chi connectivity index (χ1n) is 8.48. The van der Waals surface area contributed by atoms with Crippen molar-refractivity contribution in [3.8, 4) is 5.75 Å². The normalized spacial score (nSPS) is 13.2. The smallest absolute Gasteiger partial charge is 0.330 e. The van der Waals surface area contributed by atoms with Crippen LogP contribution in [0.25, 0.3) is 0 Å². The Morgan fingerprint density at radius 2 is 1.67 bits per heavy atom. The molecule has 0 aliphatic heterocycles. The van der Waals surface area contributed by atoms with Gasteiger partial charge in [-0.3, -0.25) is 0 Å². The van der Waals surface area contributed by atoms with Gasteiger partial charge in [0.25, 0.3) is 0 Å². The first-order chi connectivity index (χ1) is 10.8. The van der Waals surface area contributed by atoms with Crippen LogP contribution in [-0.2, 0) is 16.0 Å². The second kappa shape index (κ2) is 7.56. The molecule has 134 valence electrons. The number of hydrogen-bond acceptors (Lipinski definition) is 3. The number of benzene rings is 1. The van der Waals surface area contributed by atoms with Crippen LogP contribution < -0.4 is 4.43 Å². The number of para-hydroxylation sites is 1. The maximum atomic E-state index is 11.8. The van der Waals surface area contributed by atoms with Gasteiger partial charge in [-0.25, -0.2) is 4.79 Å². The third-order valence-corrected chi connectivity index (χ3v) is 8.48. The van der Waals surface area contributed by atoms with Gasteiger partial charge >= 0.3 is 5.97 Å². The summed E-state index contributed by atoms with van der Waals surface area (Å²) >= 11 is 0. The minimum absolute atomic E-state index is 0.145. The van der Waals surface area contributed by atoms with E-state index in [9.17, 15) is 4.79 Å². The van der Waals surface area contributed by atoms with E-state index in [-0.39, 0.29) is 11.0 Å². The quantitative estimate of drug-likeness (QED) is 0.400. The van der Waals surface area contributed by atoms with Crippen LogP contribution in [-0.4, -0.2) is 19.9 Å². The van der Waals surface area contributed by atoms with E-state index in [0.717, 1.165) is 11.3 Å². The largest absolute Gasteiger partial charge is 0.543 e. The lowest BCUT2D eigenvalue weighted by Crippen LogP contribution is -2.44. The van der Waals surface area contributed by atoms with Crippen LogP contribution >= 0.6 is 0 Å². The van der Waals surface area contributed by atoms with Crippen molar-refractivity contribution in [2.24, 2.45) is 0 Å². The standard InChI is InChI=1S/C20H32O3Si/c1-19(2,3)22-18(21)15-11-13-16-12-9-10-14-17(16)23-24(7,8)20(4,5)6/h9-12,14-15H,13H2,1-8H3/b15-11+. The highest BCUT2D eigenvalue weighted by molar-refractivity contribution is 6.74. The van der Waals surface area contributed by atoms with Gasteiger partial charge in [-0.1, -0.05) is 45.0 Å². The number of rotatable bonds is 5. The van der Waals surface area contributed by atoms with Gasteiger partial charge in [-0.05, 0) is 57.0 Å². The van der Waals surface area contributed by atoms with Crippen molar-refractivity contribution in [2.75, 3.05) is 0 Å². The van der Waals surface area contributed by atoms with Crippen LogP contribution in [0, 0.1) is 0 Å². The zero-order valence-corrected chi connectivity index (χ0v) is 17.4. The van der Waals surface area contributed by atoms with E-state index in [2.05, 4.69) is 33.9 Å². The lowest BCUT2D eigenvalue weighted by Gasteiger charge is -2.37. The molecule has 4 heteroatoms. The first-order valence-corrected chi connectivity index (χ1v) is 11.4. The molecule has 0 amide bonds. The Labute approximate surface area is 148 Å². The highest BCUT2D eigenvalue weighted by Gasteiger charge is 2.39. The molecule has 0 aliphatic rings. The zero-order chi connectivity index (χ0) is 18.6. The lowest BCUT2D eigenvalue weighted by molar-refractivity contribution is -0.148. The topological polar surface area (TPSA) is 35.5 Å². The maximum Gasteiger partial charge on any atom is 0.330 e. The van der Waals surface area contributed by atoms with E-state index >= 15 is 0 Å². The summed E-state index contributed by atoms with van der Waals surface area (Å²) in [6.07, 6.45) is 3.97. The van der Waals surface area contributed by atoms with Gasteiger partial charge in [0.2, 0.25) is 8.32 Å². The Hall–Kier alpha value is -1.55. The summed E-state index contributed by atoms with van der Waals surface area (Å²) in [7, 11) is -1.89. The molecule has 0 bridgehead atoms. The molecule has 0 aromatic heterocycles. The number of esters is 1. The van der Waals surface area contributed by atoms with Gasteiger partial charge in [0.05, 0.1) is 0 Å². The van der Waals surface area contributed by atoms with E-state index in [0.29, 0.717) is 6.42 Å². The molecular formula is C20H32O3Si. The summed E-state index contributed by atoms with van der Waals surface area (Å²) in [5.74, 6) is 0.600. The summed E-state index contributed by atoms with van der Waals surface area (Å²) in [6.45, 7) is 16.7. The molecule has 0 atom stereocenters. The highest BCUT2D eigenvalue weighted by Crippen LogP contribution is 2.38.